The highest BCUT2D eigenvalue weighted by Crippen LogP contribution is 2.34. The molecule has 0 atom stereocenters. The Morgan fingerprint density at radius 3 is 2.69 bits per heavy atom. The number of aliphatic hydroxyl groups excluding tert-OH is 1. The fraction of sp³-hybridized carbons (Fsp3) is 0.182. The molecule has 2 N–H and O–H groups in total. The Labute approximate surface area is 178 Å². The topological polar surface area (TPSA) is 69.4 Å². The Morgan fingerprint density at radius 1 is 1.21 bits per heavy atom. The van der Waals surface area contributed by atoms with Crippen LogP contribution in [0.2, 0.25) is 5.02 Å². The number of aliphatic hydroxyl groups is 1. The zero-order valence-electron chi connectivity index (χ0n) is 15.9. The first kappa shape index (κ1) is 19.5. The molecule has 0 spiro atoms. The Hall–Kier alpha value is -2.83. The van der Waals surface area contributed by atoms with Crippen LogP contribution in [-0.4, -0.2) is 41.0 Å². The number of benzene rings is 2. The van der Waals surface area contributed by atoms with E-state index in [4.69, 9.17) is 21.7 Å². The summed E-state index contributed by atoms with van der Waals surface area (Å²) in [5.74, 6) is 1.31. The average molecular weight is 426 g/mol. The summed E-state index contributed by atoms with van der Waals surface area (Å²) in [5.41, 5.74) is 3.25. The molecule has 0 aliphatic carbocycles. The van der Waals surface area contributed by atoms with Crippen molar-refractivity contribution in [2.75, 3.05) is 20.2 Å². The highest BCUT2D eigenvalue weighted by atomic mass is 35.5. The number of halogens is 1. The molecular weight excluding hydrogens is 406 g/mol. The smallest absolute Gasteiger partial charge is 0.135 e. The molecule has 0 saturated carbocycles. The van der Waals surface area contributed by atoms with Crippen LogP contribution in [0.1, 0.15) is 10.6 Å². The quantitative estimate of drug-likeness (QED) is 0.564. The minimum absolute atomic E-state index is 0.185. The monoisotopic (exact) mass is 425 g/mol. The largest absolute Gasteiger partial charge is 0.510 e. The number of thiazole rings is 1. The van der Waals surface area contributed by atoms with Gasteiger partial charge in [-0.3, -0.25) is 5.41 Å². The summed E-state index contributed by atoms with van der Waals surface area (Å²) in [6.45, 7) is 0.965. The molecule has 1 aliphatic rings. The number of nitrogens with one attached hydrogen (secondary N) is 1. The van der Waals surface area contributed by atoms with Gasteiger partial charge in [-0.2, -0.15) is 0 Å². The van der Waals surface area contributed by atoms with Gasteiger partial charge >= 0.3 is 0 Å². The zero-order chi connectivity index (χ0) is 20.4. The van der Waals surface area contributed by atoms with E-state index in [0.717, 1.165) is 29.0 Å². The number of hydrogen-bond donors (Lipinski definition) is 2. The van der Waals surface area contributed by atoms with Gasteiger partial charge in [-0.25, -0.2) is 4.98 Å². The maximum atomic E-state index is 10.5. The van der Waals surface area contributed by atoms with E-state index in [1.807, 2.05) is 58.8 Å². The van der Waals surface area contributed by atoms with E-state index >= 15 is 0 Å². The third-order valence-corrected chi connectivity index (χ3v) is 6.07. The Kier molecular flexibility index (Phi) is 5.56. The second kappa shape index (κ2) is 8.27. The second-order valence-electron chi connectivity index (χ2n) is 6.71. The molecule has 7 heteroatoms. The van der Waals surface area contributed by atoms with Crippen LogP contribution in [0, 0.1) is 5.41 Å². The van der Waals surface area contributed by atoms with E-state index in [0.29, 0.717) is 34.5 Å². The van der Waals surface area contributed by atoms with Crippen LogP contribution >= 0.6 is 22.9 Å². The number of rotatable bonds is 6. The van der Waals surface area contributed by atoms with Gasteiger partial charge in [0.25, 0.3) is 0 Å². The summed E-state index contributed by atoms with van der Waals surface area (Å²) in [6.07, 6.45) is 0.773. The molecule has 0 fully saturated rings. The summed E-state index contributed by atoms with van der Waals surface area (Å²) >= 11 is 7.68. The van der Waals surface area contributed by atoms with E-state index in [1.54, 1.807) is 7.11 Å². The summed E-state index contributed by atoms with van der Waals surface area (Å²) in [4.78, 5) is 6.50. The molecule has 0 radical (unpaired) electrons. The number of ether oxygens (including phenoxy) is 1. The van der Waals surface area contributed by atoms with Gasteiger partial charge in [0.05, 0.1) is 24.9 Å². The lowest BCUT2D eigenvalue weighted by atomic mass is 10.1. The first-order valence-corrected chi connectivity index (χ1v) is 10.4. The number of methoxy groups -OCH3 is 1. The van der Waals surface area contributed by atoms with Crippen molar-refractivity contribution in [3.63, 3.8) is 0 Å². The molecule has 0 unspecified atom stereocenters. The molecule has 1 aliphatic heterocycles. The first-order valence-electron chi connectivity index (χ1n) is 9.16. The minimum atomic E-state index is 0.185. The Balaban J connectivity index is 1.47. The van der Waals surface area contributed by atoms with Crippen molar-refractivity contribution in [2.45, 2.75) is 6.42 Å². The van der Waals surface area contributed by atoms with Crippen LogP contribution in [0.3, 0.4) is 0 Å². The van der Waals surface area contributed by atoms with Crippen molar-refractivity contribution in [3.8, 4) is 17.0 Å². The van der Waals surface area contributed by atoms with Gasteiger partial charge in [-0.15, -0.1) is 11.3 Å². The van der Waals surface area contributed by atoms with Gasteiger partial charge in [-0.1, -0.05) is 41.9 Å². The summed E-state index contributed by atoms with van der Waals surface area (Å²) in [7, 11) is 1.65. The molecule has 0 amide bonds. The minimum Gasteiger partial charge on any atom is -0.510 e. The van der Waals surface area contributed by atoms with Gasteiger partial charge in [0.2, 0.25) is 0 Å². The number of nitrogens with zero attached hydrogens (tertiary/aromatic N) is 2. The molecule has 1 aromatic heterocycles. The predicted molar refractivity (Wildman–Crippen MR) is 118 cm³/mol. The van der Waals surface area contributed by atoms with Gasteiger partial charge in [0.15, 0.2) is 0 Å². The standard InChI is InChI=1S/C22H20ClN3O2S/c1-28-15-8-6-14(7-9-15)10-11-26-12-19(27)20(21(26)24)22-25-18(13-29-22)16-4-2-3-5-17(16)23/h2-9,13,24,27H,10-12H2,1H3. The molecule has 5 nitrogen and oxygen atoms in total. The van der Waals surface area contributed by atoms with Crippen molar-refractivity contribution in [1.29, 1.82) is 5.41 Å². The van der Waals surface area contributed by atoms with Crippen LogP contribution in [-0.2, 0) is 6.42 Å². The van der Waals surface area contributed by atoms with Crippen molar-refractivity contribution in [3.05, 3.63) is 75.3 Å². The average Bonchev–Trinajstić information content (AvgIpc) is 3.31. The second-order valence-corrected chi connectivity index (χ2v) is 7.97. The molecule has 0 saturated heterocycles. The van der Waals surface area contributed by atoms with E-state index in [9.17, 15) is 5.11 Å². The molecule has 4 rings (SSSR count). The zero-order valence-corrected chi connectivity index (χ0v) is 17.4. The fourth-order valence-electron chi connectivity index (χ4n) is 3.29. The third kappa shape index (κ3) is 3.99. The number of aromatic nitrogens is 1. The maximum Gasteiger partial charge on any atom is 0.135 e. The van der Waals surface area contributed by atoms with Crippen LogP contribution in [0.25, 0.3) is 16.8 Å². The van der Waals surface area contributed by atoms with E-state index in [2.05, 4.69) is 4.98 Å². The first-order chi connectivity index (χ1) is 14.1. The van der Waals surface area contributed by atoms with Crippen molar-refractivity contribution in [2.24, 2.45) is 0 Å². The summed E-state index contributed by atoms with van der Waals surface area (Å²) in [5, 5.41) is 22.2. The van der Waals surface area contributed by atoms with Crippen LogP contribution in [0.4, 0.5) is 0 Å². The van der Waals surface area contributed by atoms with E-state index in [-0.39, 0.29) is 5.76 Å². The van der Waals surface area contributed by atoms with Crippen LogP contribution in [0.15, 0.2) is 59.7 Å². The Morgan fingerprint density at radius 2 is 1.97 bits per heavy atom. The van der Waals surface area contributed by atoms with Crippen LogP contribution < -0.4 is 4.74 Å². The number of amidine groups is 1. The van der Waals surface area contributed by atoms with Crippen LogP contribution in [0.5, 0.6) is 5.75 Å². The molecule has 29 heavy (non-hydrogen) atoms. The van der Waals surface area contributed by atoms with Gasteiger partial charge < -0.3 is 14.7 Å². The van der Waals surface area contributed by atoms with E-state index < -0.39 is 0 Å². The molecule has 0 bridgehead atoms. The third-order valence-electron chi connectivity index (χ3n) is 4.88. The SMILES string of the molecule is COc1ccc(CCN2CC(O)=C(c3nc(-c4ccccc4Cl)cs3)C2=N)cc1. The van der Waals surface area contributed by atoms with Gasteiger partial charge in [-0.05, 0) is 30.2 Å². The highest BCUT2D eigenvalue weighted by molar-refractivity contribution is 7.11. The molecule has 3 aromatic rings. The van der Waals surface area contributed by atoms with Gasteiger partial charge in [0, 0.05) is 22.5 Å². The molecule has 2 heterocycles. The molecule has 2 aromatic carbocycles. The predicted octanol–water partition coefficient (Wildman–Crippen LogP) is 5.28. The lowest BCUT2D eigenvalue weighted by molar-refractivity contribution is 0.351. The molecular formula is C22H20ClN3O2S. The van der Waals surface area contributed by atoms with Crippen molar-refractivity contribution in [1.82, 2.24) is 9.88 Å². The summed E-state index contributed by atoms with van der Waals surface area (Å²) in [6, 6.07) is 15.4. The Bertz CT molecular complexity index is 1080. The fourth-order valence-corrected chi connectivity index (χ4v) is 4.41. The summed E-state index contributed by atoms with van der Waals surface area (Å²) < 4.78 is 5.18. The lowest BCUT2D eigenvalue weighted by Crippen LogP contribution is -2.28. The highest BCUT2D eigenvalue weighted by Gasteiger charge is 2.30. The van der Waals surface area contributed by atoms with E-state index in [1.165, 1.54) is 11.3 Å². The van der Waals surface area contributed by atoms with Gasteiger partial charge in [0.1, 0.15) is 22.4 Å². The van der Waals surface area contributed by atoms with Crippen molar-refractivity contribution >= 4 is 34.3 Å². The van der Waals surface area contributed by atoms with Crippen molar-refractivity contribution < 1.29 is 9.84 Å². The lowest BCUT2D eigenvalue weighted by Gasteiger charge is -2.18. The maximum absolute atomic E-state index is 10.5. The molecule has 148 valence electrons. The normalized spacial score (nSPS) is 14.0. The number of hydrogen-bond acceptors (Lipinski definition) is 5.